The average molecular weight is 329 g/mol. The third-order valence-electron chi connectivity index (χ3n) is 4.67. The summed E-state index contributed by atoms with van der Waals surface area (Å²) in [7, 11) is 3.69. The van der Waals surface area contributed by atoms with Crippen molar-refractivity contribution in [2.45, 2.75) is 39.0 Å². The Morgan fingerprint density at radius 2 is 2.21 bits per heavy atom. The number of rotatable bonds is 7. The topological polar surface area (TPSA) is 39.5 Å². The number of aryl methyl sites for hydroxylation is 1. The summed E-state index contributed by atoms with van der Waals surface area (Å²) in [5.74, 6) is 0.900. The Hall–Kier alpha value is -1.85. The summed E-state index contributed by atoms with van der Waals surface area (Å²) < 4.78 is 12.9. The van der Waals surface area contributed by atoms with Crippen molar-refractivity contribution in [1.82, 2.24) is 14.7 Å². The number of hydrogen-bond donors (Lipinski definition) is 0. The van der Waals surface area contributed by atoms with Crippen molar-refractivity contribution < 1.29 is 9.47 Å². The molecule has 0 N–H and O–H groups in total. The Balaban J connectivity index is 1.74. The van der Waals surface area contributed by atoms with E-state index in [2.05, 4.69) is 34.4 Å². The Bertz CT molecular complexity index is 668. The van der Waals surface area contributed by atoms with Gasteiger partial charge < -0.3 is 9.47 Å². The summed E-state index contributed by atoms with van der Waals surface area (Å²) in [4.78, 5) is 2.54. The molecule has 5 nitrogen and oxygen atoms in total. The van der Waals surface area contributed by atoms with Crippen molar-refractivity contribution in [3.63, 3.8) is 0 Å². The number of ether oxygens (including phenoxy) is 2. The maximum atomic E-state index is 5.58. The first-order chi connectivity index (χ1) is 11.7. The van der Waals surface area contributed by atoms with Crippen molar-refractivity contribution in [3.05, 3.63) is 47.3 Å². The van der Waals surface area contributed by atoms with Crippen LogP contribution in [0.5, 0.6) is 5.75 Å². The summed E-state index contributed by atoms with van der Waals surface area (Å²) in [6, 6.07) is 6.90. The fraction of sp³-hybridized carbons (Fsp3) is 0.526. The van der Waals surface area contributed by atoms with Crippen molar-refractivity contribution in [1.29, 1.82) is 0 Å². The number of likely N-dealkylation sites (tertiary alicyclic amines) is 1. The van der Waals surface area contributed by atoms with Crippen molar-refractivity contribution in [3.8, 4) is 5.75 Å². The molecule has 1 saturated heterocycles. The van der Waals surface area contributed by atoms with E-state index in [1.165, 1.54) is 24.0 Å². The predicted molar refractivity (Wildman–Crippen MR) is 93.9 cm³/mol. The van der Waals surface area contributed by atoms with Crippen LogP contribution in [0.4, 0.5) is 0 Å². The molecular weight excluding hydrogens is 302 g/mol. The maximum absolute atomic E-state index is 5.58. The van der Waals surface area contributed by atoms with Gasteiger partial charge in [-0.05, 0) is 44.0 Å². The van der Waals surface area contributed by atoms with Crippen LogP contribution >= 0.6 is 0 Å². The maximum Gasteiger partial charge on any atom is 0.124 e. The number of methoxy groups -OCH3 is 1. The molecule has 1 aromatic carbocycles. The quantitative estimate of drug-likeness (QED) is 0.781. The summed E-state index contributed by atoms with van der Waals surface area (Å²) >= 11 is 0. The van der Waals surface area contributed by atoms with Gasteiger partial charge in [-0.15, -0.1) is 0 Å². The van der Waals surface area contributed by atoms with E-state index in [0.717, 1.165) is 24.4 Å². The standard InChI is InChI=1S/C19H27N3O2/c1-4-24-14-16-10-15(7-8-19(16)23-3)12-22-9-5-6-18(22)17-11-20-21(2)13-17/h7-8,10-11,13,18H,4-6,9,12,14H2,1-3H3. The Labute approximate surface area is 144 Å². The molecule has 1 atom stereocenters. The minimum Gasteiger partial charge on any atom is -0.496 e. The second-order valence-corrected chi connectivity index (χ2v) is 6.36. The van der Waals surface area contributed by atoms with E-state index < -0.39 is 0 Å². The molecule has 0 aliphatic carbocycles. The molecule has 1 aromatic heterocycles. The highest BCUT2D eigenvalue weighted by Gasteiger charge is 2.27. The molecule has 3 rings (SSSR count). The van der Waals surface area contributed by atoms with Gasteiger partial charge in [0.2, 0.25) is 0 Å². The Kier molecular flexibility index (Phi) is 5.53. The lowest BCUT2D eigenvalue weighted by atomic mass is 10.1. The molecule has 0 bridgehead atoms. The fourth-order valence-corrected chi connectivity index (χ4v) is 3.49. The minimum absolute atomic E-state index is 0.469. The van der Waals surface area contributed by atoms with Gasteiger partial charge >= 0.3 is 0 Å². The van der Waals surface area contributed by atoms with E-state index in [1.54, 1.807) is 7.11 Å². The Morgan fingerprint density at radius 1 is 1.33 bits per heavy atom. The van der Waals surface area contributed by atoms with Crippen LogP contribution < -0.4 is 4.74 Å². The smallest absolute Gasteiger partial charge is 0.124 e. The number of hydrogen-bond acceptors (Lipinski definition) is 4. The molecule has 0 amide bonds. The van der Waals surface area contributed by atoms with Gasteiger partial charge in [-0.2, -0.15) is 5.10 Å². The second-order valence-electron chi connectivity index (χ2n) is 6.36. The molecule has 0 spiro atoms. The highest BCUT2D eigenvalue weighted by molar-refractivity contribution is 5.37. The van der Waals surface area contributed by atoms with Crippen LogP contribution in [-0.2, 0) is 24.9 Å². The lowest BCUT2D eigenvalue weighted by Crippen LogP contribution is -2.22. The number of benzene rings is 1. The van der Waals surface area contributed by atoms with E-state index in [0.29, 0.717) is 19.3 Å². The summed E-state index contributed by atoms with van der Waals surface area (Å²) in [5.41, 5.74) is 3.74. The molecular formula is C19H27N3O2. The molecule has 1 aliphatic rings. The summed E-state index contributed by atoms with van der Waals surface area (Å²) in [5, 5.41) is 4.33. The van der Waals surface area contributed by atoms with E-state index in [9.17, 15) is 0 Å². The highest BCUT2D eigenvalue weighted by atomic mass is 16.5. The zero-order chi connectivity index (χ0) is 16.9. The molecule has 0 radical (unpaired) electrons. The average Bonchev–Trinajstić information content (AvgIpc) is 3.21. The van der Waals surface area contributed by atoms with Gasteiger partial charge in [0.05, 0.1) is 19.9 Å². The van der Waals surface area contributed by atoms with Crippen LogP contribution in [0, 0.1) is 0 Å². The first kappa shape index (κ1) is 17.0. The van der Waals surface area contributed by atoms with Crippen LogP contribution in [0.25, 0.3) is 0 Å². The first-order valence-corrected chi connectivity index (χ1v) is 8.67. The van der Waals surface area contributed by atoms with Crippen molar-refractivity contribution in [2.75, 3.05) is 20.3 Å². The Morgan fingerprint density at radius 3 is 2.92 bits per heavy atom. The molecule has 1 unspecified atom stereocenters. The molecule has 2 aromatic rings. The third kappa shape index (κ3) is 3.79. The largest absolute Gasteiger partial charge is 0.496 e. The molecule has 0 saturated carbocycles. The van der Waals surface area contributed by atoms with E-state index >= 15 is 0 Å². The third-order valence-corrected chi connectivity index (χ3v) is 4.67. The normalized spacial score (nSPS) is 18.2. The van der Waals surface area contributed by atoms with Crippen LogP contribution in [0.15, 0.2) is 30.6 Å². The van der Waals surface area contributed by atoms with Gasteiger partial charge in [-0.3, -0.25) is 9.58 Å². The molecule has 5 heteroatoms. The molecule has 1 fully saturated rings. The fourth-order valence-electron chi connectivity index (χ4n) is 3.49. The van der Waals surface area contributed by atoms with Gasteiger partial charge in [-0.1, -0.05) is 6.07 Å². The van der Waals surface area contributed by atoms with Gasteiger partial charge in [0, 0.05) is 43.6 Å². The molecule has 130 valence electrons. The number of nitrogens with zero attached hydrogens (tertiary/aromatic N) is 3. The van der Waals surface area contributed by atoms with Crippen molar-refractivity contribution in [2.24, 2.45) is 7.05 Å². The zero-order valence-corrected chi connectivity index (χ0v) is 14.9. The molecule has 24 heavy (non-hydrogen) atoms. The lowest BCUT2D eigenvalue weighted by Gasteiger charge is -2.24. The highest BCUT2D eigenvalue weighted by Crippen LogP contribution is 2.33. The summed E-state index contributed by atoms with van der Waals surface area (Å²) in [6.07, 6.45) is 6.57. The predicted octanol–water partition coefficient (Wildman–Crippen LogP) is 3.30. The first-order valence-electron chi connectivity index (χ1n) is 8.67. The van der Waals surface area contributed by atoms with Crippen LogP contribution in [0.3, 0.4) is 0 Å². The van der Waals surface area contributed by atoms with Gasteiger partial charge in [0.25, 0.3) is 0 Å². The van der Waals surface area contributed by atoms with Crippen LogP contribution in [0.1, 0.15) is 42.5 Å². The van der Waals surface area contributed by atoms with Crippen LogP contribution in [0.2, 0.25) is 0 Å². The van der Waals surface area contributed by atoms with E-state index in [4.69, 9.17) is 9.47 Å². The van der Waals surface area contributed by atoms with Crippen molar-refractivity contribution >= 4 is 0 Å². The molecule has 2 heterocycles. The van der Waals surface area contributed by atoms with Gasteiger partial charge in [0.1, 0.15) is 5.75 Å². The minimum atomic E-state index is 0.469. The zero-order valence-electron chi connectivity index (χ0n) is 14.9. The lowest BCUT2D eigenvalue weighted by molar-refractivity contribution is 0.132. The van der Waals surface area contributed by atoms with Gasteiger partial charge in [0.15, 0.2) is 0 Å². The van der Waals surface area contributed by atoms with E-state index in [-0.39, 0.29) is 0 Å². The monoisotopic (exact) mass is 329 g/mol. The van der Waals surface area contributed by atoms with Crippen LogP contribution in [-0.4, -0.2) is 34.9 Å². The van der Waals surface area contributed by atoms with E-state index in [1.807, 2.05) is 24.9 Å². The van der Waals surface area contributed by atoms with Gasteiger partial charge in [-0.25, -0.2) is 0 Å². The summed E-state index contributed by atoms with van der Waals surface area (Å²) in [6.45, 7) is 5.40. The molecule has 1 aliphatic heterocycles. The number of aromatic nitrogens is 2. The second kappa shape index (κ2) is 7.81. The SMILES string of the molecule is CCOCc1cc(CN2CCCC2c2cnn(C)c2)ccc1OC.